The van der Waals surface area contributed by atoms with Gasteiger partial charge in [0.25, 0.3) is 0 Å². The van der Waals surface area contributed by atoms with E-state index in [0.29, 0.717) is 17.2 Å². The molecule has 0 saturated heterocycles. The molecule has 2 rings (SSSR count). The maximum absolute atomic E-state index is 11.8. The first kappa shape index (κ1) is 15.0. The highest BCUT2D eigenvalue weighted by Gasteiger charge is 2.11. The molecule has 1 aromatic heterocycles. The molecule has 0 aliphatic carbocycles. The van der Waals surface area contributed by atoms with Crippen LogP contribution < -0.4 is 10.5 Å². The van der Waals surface area contributed by atoms with Gasteiger partial charge in [0, 0.05) is 16.3 Å². The van der Waals surface area contributed by atoms with Gasteiger partial charge < -0.3 is 10.2 Å². The van der Waals surface area contributed by atoms with Crippen LogP contribution in [0.25, 0.3) is 0 Å². The van der Waals surface area contributed by atoms with Gasteiger partial charge >= 0.3 is 0 Å². The Balaban J connectivity index is 1.79. The van der Waals surface area contributed by atoms with Crippen molar-refractivity contribution >= 4 is 27.5 Å². The third-order valence-electron chi connectivity index (χ3n) is 2.58. The third-order valence-corrected chi connectivity index (χ3v) is 5.25. The van der Waals surface area contributed by atoms with Crippen molar-refractivity contribution in [1.82, 2.24) is 4.72 Å². The highest BCUT2D eigenvalue weighted by atomic mass is 32.2. The summed E-state index contributed by atoms with van der Waals surface area (Å²) in [7, 11) is -3.31. The Labute approximate surface area is 122 Å². The quantitative estimate of drug-likeness (QED) is 0.604. The molecule has 5 nitrogen and oxygen atoms in total. The number of hydrogen-bond donors (Lipinski definition) is 2. The van der Waals surface area contributed by atoms with E-state index in [1.54, 1.807) is 18.2 Å². The lowest BCUT2D eigenvalue weighted by Gasteiger charge is -2.06. The zero-order valence-corrected chi connectivity index (χ0v) is 12.4. The summed E-state index contributed by atoms with van der Waals surface area (Å²) in [5.74, 6) is 1.07. The average Bonchev–Trinajstić information content (AvgIpc) is 2.92. The number of hydrogen-bond acceptors (Lipinski definition) is 5. The molecule has 0 amide bonds. The number of benzene rings is 1. The topological polar surface area (TPSA) is 85.3 Å². The van der Waals surface area contributed by atoms with Gasteiger partial charge in [0.2, 0.25) is 10.0 Å². The van der Waals surface area contributed by atoms with Gasteiger partial charge in [0.05, 0.1) is 18.6 Å². The maximum atomic E-state index is 11.8. The van der Waals surface area contributed by atoms with Crippen molar-refractivity contribution in [3.05, 3.63) is 48.4 Å². The molecule has 0 aliphatic heterocycles. The van der Waals surface area contributed by atoms with Gasteiger partial charge in [-0.05, 0) is 24.3 Å². The zero-order valence-electron chi connectivity index (χ0n) is 10.8. The number of anilines is 1. The summed E-state index contributed by atoms with van der Waals surface area (Å²) >= 11 is 1.43. The molecule has 0 atom stereocenters. The second-order valence-electron chi connectivity index (χ2n) is 4.11. The molecule has 0 spiro atoms. The van der Waals surface area contributed by atoms with Crippen molar-refractivity contribution in [3.63, 3.8) is 0 Å². The number of para-hydroxylation sites is 1. The molecule has 2 aromatic rings. The lowest BCUT2D eigenvalue weighted by Crippen LogP contribution is -2.26. The molecule has 1 aromatic carbocycles. The minimum Gasteiger partial charge on any atom is -0.468 e. The van der Waals surface area contributed by atoms with E-state index in [-0.39, 0.29) is 12.3 Å². The van der Waals surface area contributed by atoms with E-state index >= 15 is 0 Å². The first-order valence-electron chi connectivity index (χ1n) is 6.04. The molecule has 0 bridgehead atoms. The second kappa shape index (κ2) is 6.83. The van der Waals surface area contributed by atoms with Crippen LogP contribution in [0.2, 0.25) is 0 Å². The van der Waals surface area contributed by atoms with E-state index in [1.165, 1.54) is 18.0 Å². The summed E-state index contributed by atoms with van der Waals surface area (Å²) < 4.78 is 31.2. The zero-order chi connectivity index (χ0) is 14.4. The van der Waals surface area contributed by atoms with Crippen LogP contribution in [0.5, 0.6) is 0 Å². The lowest BCUT2D eigenvalue weighted by molar-refractivity contribution is 0.499. The third kappa shape index (κ3) is 4.59. The Bertz CT molecular complexity index is 639. The summed E-state index contributed by atoms with van der Waals surface area (Å²) in [6, 6.07) is 10.8. The Kier molecular flexibility index (Phi) is 5.11. The Hall–Kier alpha value is -1.44. The van der Waals surface area contributed by atoms with Crippen LogP contribution in [0.15, 0.2) is 52.0 Å². The molecule has 0 saturated carbocycles. The fourth-order valence-corrected chi connectivity index (χ4v) is 3.89. The Morgan fingerprint density at radius 3 is 2.70 bits per heavy atom. The summed E-state index contributed by atoms with van der Waals surface area (Å²) in [5.41, 5.74) is 6.46. The van der Waals surface area contributed by atoms with Crippen molar-refractivity contribution in [2.75, 3.05) is 17.2 Å². The number of nitrogens with one attached hydrogen (secondary N) is 1. The van der Waals surface area contributed by atoms with Crippen LogP contribution in [0.3, 0.4) is 0 Å². The van der Waals surface area contributed by atoms with Crippen molar-refractivity contribution in [2.45, 2.75) is 11.4 Å². The van der Waals surface area contributed by atoms with E-state index in [1.807, 2.05) is 18.2 Å². The van der Waals surface area contributed by atoms with E-state index in [0.717, 1.165) is 4.90 Å². The van der Waals surface area contributed by atoms with Gasteiger partial charge in [-0.1, -0.05) is 12.1 Å². The Morgan fingerprint density at radius 2 is 2.00 bits per heavy atom. The lowest BCUT2D eigenvalue weighted by atomic mass is 10.3. The van der Waals surface area contributed by atoms with Gasteiger partial charge in [-0.3, -0.25) is 0 Å². The molecule has 1 heterocycles. The van der Waals surface area contributed by atoms with Crippen LogP contribution in [0.1, 0.15) is 5.76 Å². The second-order valence-corrected chi connectivity index (χ2v) is 7.17. The highest BCUT2D eigenvalue weighted by molar-refractivity contribution is 8.00. The smallest absolute Gasteiger partial charge is 0.212 e. The number of nitrogen functional groups attached to an aromatic ring is 1. The minimum atomic E-state index is -3.31. The van der Waals surface area contributed by atoms with Gasteiger partial charge in [0.15, 0.2) is 0 Å². The number of nitrogens with two attached hydrogens (primary N) is 1. The number of rotatable bonds is 7. The van der Waals surface area contributed by atoms with Gasteiger partial charge in [0.1, 0.15) is 5.76 Å². The molecule has 20 heavy (non-hydrogen) atoms. The summed E-state index contributed by atoms with van der Waals surface area (Å²) in [6.45, 7) is 0.174. The van der Waals surface area contributed by atoms with Crippen molar-refractivity contribution in [2.24, 2.45) is 0 Å². The average molecular weight is 312 g/mol. The molecule has 0 fully saturated rings. The number of thioether (sulfide) groups is 1. The fourth-order valence-electron chi connectivity index (χ4n) is 1.54. The Morgan fingerprint density at radius 1 is 1.20 bits per heavy atom. The van der Waals surface area contributed by atoms with Crippen LogP contribution in [0, 0.1) is 0 Å². The molecular weight excluding hydrogens is 296 g/mol. The van der Waals surface area contributed by atoms with E-state index in [4.69, 9.17) is 10.2 Å². The van der Waals surface area contributed by atoms with Crippen molar-refractivity contribution < 1.29 is 12.8 Å². The molecule has 0 radical (unpaired) electrons. The molecule has 108 valence electrons. The predicted octanol–water partition coefficient (Wildman–Crippen LogP) is 2.07. The fraction of sp³-hybridized carbons (Fsp3) is 0.231. The van der Waals surface area contributed by atoms with E-state index in [9.17, 15) is 8.42 Å². The van der Waals surface area contributed by atoms with Crippen LogP contribution in [-0.4, -0.2) is 19.9 Å². The molecule has 7 heteroatoms. The monoisotopic (exact) mass is 312 g/mol. The SMILES string of the molecule is Nc1ccccc1SCCS(=O)(=O)NCc1ccco1. The summed E-state index contributed by atoms with van der Waals surface area (Å²) in [5, 5.41) is 0. The first-order valence-corrected chi connectivity index (χ1v) is 8.68. The molecular formula is C13H16N2O3S2. The van der Waals surface area contributed by atoms with Gasteiger partial charge in [-0.25, -0.2) is 13.1 Å². The van der Waals surface area contributed by atoms with Crippen LogP contribution >= 0.6 is 11.8 Å². The normalized spacial score (nSPS) is 11.6. The van der Waals surface area contributed by atoms with Crippen LogP contribution in [-0.2, 0) is 16.6 Å². The van der Waals surface area contributed by atoms with Gasteiger partial charge in [-0.2, -0.15) is 0 Å². The van der Waals surface area contributed by atoms with Gasteiger partial charge in [-0.15, -0.1) is 11.8 Å². The number of sulfonamides is 1. The number of furan rings is 1. The predicted molar refractivity (Wildman–Crippen MR) is 80.9 cm³/mol. The molecule has 3 N–H and O–H groups in total. The molecule has 0 aliphatic rings. The standard InChI is InChI=1S/C13H16N2O3S2/c14-12-5-1-2-6-13(12)19-8-9-20(16,17)15-10-11-4-3-7-18-11/h1-7,15H,8-10,14H2. The summed E-state index contributed by atoms with van der Waals surface area (Å²) in [6.07, 6.45) is 1.51. The van der Waals surface area contributed by atoms with Crippen LogP contribution in [0.4, 0.5) is 5.69 Å². The van der Waals surface area contributed by atoms with E-state index < -0.39 is 10.0 Å². The first-order chi connectivity index (χ1) is 9.57. The van der Waals surface area contributed by atoms with Crippen molar-refractivity contribution in [1.29, 1.82) is 0 Å². The van der Waals surface area contributed by atoms with E-state index in [2.05, 4.69) is 4.72 Å². The summed E-state index contributed by atoms with van der Waals surface area (Å²) in [4.78, 5) is 0.897. The molecule has 0 unspecified atom stereocenters. The minimum absolute atomic E-state index is 0.0344. The maximum Gasteiger partial charge on any atom is 0.212 e. The largest absolute Gasteiger partial charge is 0.468 e. The highest BCUT2D eigenvalue weighted by Crippen LogP contribution is 2.24. The van der Waals surface area contributed by atoms with Crippen molar-refractivity contribution in [3.8, 4) is 0 Å².